The van der Waals surface area contributed by atoms with Crippen molar-refractivity contribution in [3.8, 4) is 5.75 Å². The predicted octanol–water partition coefficient (Wildman–Crippen LogP) is 2.53. The molecule has 1 heterocycles. The molecule has 0 aliphatic carbocycles. The summed E-state index contributed by atoms with van der Waals surface area (Å²) < 4.78 is 16.8. The fourth-order valence-corrected chi connectivity index (χ4v) is 2.45. The monoisotopic (exact) mass is 279 g/mol. The molecule has 0 aromatic heterocycles. The van der Waals surface area contributed by atoms with Crippen LogP contribution >= 0.6 is 0 Å². The van der Waals surface area contributed by atoms with Crippen molar-refractivity contribution in [2.24, 2.45) is 11.7 Å². The van der Waals surface area contributed by atoms with Gasteiger partial charge in [0.2, 0.25) is 0 Å². The molecule has 4 nitrogen and oxygen atoms in total. The molecular weight excluding hydrogens is 254 g/mol. The summed E-state index contributed by atoms with van der Waals surface area (Å²) in [4.78, 5) is 0. The molecule has 0 amide bonds. The van der Waals surface area contributed by atoms with Crippen molar-refractivity contribution in [2.45, 2.75) is 31.9 Å². The van der Waals surface area contributed by atoms with E-state index < -0.39 is 0 Å². The lowest BCUT2D eigenvalue weighted by atomic mass is 10.00. The second-order valence-electron chi connectivity index (χ2n) is 5.33. The Morgan fingerprint density at radius 2 is 2.30 bits per heavy atom. The largest absolute Gasteiger partial charge is 0.497 e. The van der Waals surface area contributed by atoms with Gasteiger partial charge in [-0.1, -0.05) is 19.1 Å². The first-order valence-corrected chi connectivity index (χ1v) is 7.33. The van der Waals surface area contributed by atoms with Crippen LogP contribution in [0.2, 0.25) is 0 Å². The van der Waals surface area contributed by atoms with Gasteiger partial charge in [-0.15, -0.1) is 0 Å². The van der Waals surface area contributed by atoms with Crippen molar-refractivity contribution in [3.05, 3.63) is 29.8 Å². The zero-order valence-corrected chi connectivity index (χ0v) is 12.4. The van der Waals surface area contributed by atoms with Gasteiger partial charge in [0.25, 0.3) is 0 Å². The fourth-order valence-electron chi connectivity index (χ4n) is 2.45. The molecule has 20 heavy (non-hydrogen) atoms. The number of nitrogens with two attached hydrogens (primary N) is 1. The van der Waals surface area contributed by atoms with Crippen molar-refractivity contribution in [2.75, 3.05) is 26.9 Å². The van der Waals surface area contributed by atoms with Crippen LogP contribution in [-0.2, 0) is 9.47 Å². The molecule has 2 N–H and O–H groups in total. The van der Waals surface area contributed by atoms with E-state index in [0.29, 0.717) is 12.5 Å². The van der Waals surface area contributed by atoms with E-state index in [1.165, 1.54) is 0 Å². The molecule has 1 saturated heterocycles. The number of benzene rings is 1. The number of rotatable bonds is 7. The summed E-state index contributed by atoms with van der Waals surface area (Å²) in [7, 11) is 1.67. The van der Waals surface area contributed by atoms with Gasteiger partial charge in [-0.3, -0.25) is 0 Å². The third-order valence-electron chi connectivity index (χ3n) is 3.82. The van der Waals surface area contributed by atoms with Crippen LogP contribution in [0.1, 0.15) is 31.4 Å². The highest BCUT2D eigenvalue weighted by Gasteiger charge is 2.23. The van der Waals surface area contributed by atoms with Crippen LogP contribution in [-0.4, -0.2) is 33.0 Å². The van der Waals surface area contributed by atoms with Crippen LogP contribution < -0.4 is 10.5 Å². The maximum absolute atomic E-state index is 6.23. The average Bonchev–Trinajstić information content (AvgIpc) is 3.00. The Morgan fingerprint density at radius 3 is 2.95 bits per heavy atom. The SMILES string of the molecule is CCC(N)C(OCC1CCOC1)c1cccc(OC)c1. The Kier molecular flexibility index (Phi) is 5.83. The van der Waals surface area contributed by atoms with Crippen LogP contribution in [0, 0.1) is 5.92 Å². The molecule has 1 aliphatic heterocycles. The van der Waals surface area contributed by atoms with E-state index in [1.54, 1.807) is 7.11 Å². The third kappa shape index (κ3) is 3.95. The van der Waals surface area contributed by atoms with Gasteiger partial charge < -0.3 is 19.9 Å². The molecule has 4 heteroatoms. The molecular formula is C16H25NO3. The molecule has 0 saturated carbocycles. The van der Waals surface area contributed by atoms with Gasteiger partial charge in [0.05, 0.1) is 26.4 Å². The quantitative estimate of drug-likeness (QED) is 0.833. The zero-order valence-electron chi connectivity index (χ0n) is 12.4. The summed E-state index contributed by atoms with van der Waals surface area (Å²) >= 11 is 0. The highest BCUT2D eigenvalue weighted by Crippen LogP contribution is 2.27. The number of ether oxygens (including phenoxy) is 3. The molecule has 3 atom stereocenters. The number of methoxy groups -OCH3 is 1. The maximum Gasteiger partial charge on any atom is 0.119 e. The van der Waals surface area contributed by atoms with Gasteiger partial charge in [0.15, 0.2) is 0 Å². The van der Waals surface area contributed by atoms with Crippen molar-refractivity contribution >= 4 is 0 Å². The van der Waals surface area contributed by atoms with Crippen LogP contribution in [0.25, 0.3) is 0 Å². The summed E-state index contributed by atoms with van der Waals surface area (Å²) in [5.41, 5.74) is 7.31. The predicted molar refractivity (Wildman–Crippen MR) is 78.9 cm³/mol. The molecule has 1 aromatic carbocycles. The zero-order chi connectivity index (χ0) is 14.4. The summed E-state index contributed by atoms with van der Waals surface area (Å²) in [6.45, 7) is 4.43. The van der Waals surface area contributed by atoms with Gasteiger partial charge in [-0.05, 0) is 30.5 Å². The topological polar surface area (TPSA) is 53.7 Å². The lowest BCUT2D eigenvalue weighted by molar-refractivity contribution is 0.00938. The Hall–Kier alpha value is -1.10. The van der Waals surface area contributed by atoms with Gasteiger partial charge in [-0.25, -0.2) is 0 Å². The van der Waals surface area contributed by atoms with E-state index in [0.717, 1.165) is 37.4 Å². The number of hydrogen-bond donors (Lipinski definition) is 1. The minimum absolute atomic E-state index is 0.00979. The molecule has 1 aromatic rings. The summed E-state index contributed by atoms with van der Waals surface area (Å²) in [6, 6.07) is 7.96. The molecule has 1 aliphatic rings. The molecule has 1 fully saturated rings. The van der Waals surface area contributed by atoms with Crippen LogP contribution in [0.4, 0.5) is 0 Å². The first kappa shape index (κ1) is 15.3. The number of hydrogen-bond acceptors (Lipinski definition) is 4. The Balaban J connectivity index is 2.05. The van der Waals surface area contributed by atoms with Crippen LogP contribution in [0.5, 0.6) is 5.75 Å². The smallest absolute Gasteiger partial charge is 0.119 e. The second-order valence-corrected chi connectivity index (χ2v) is 5.33. The summed E-state index contributed by atoms with van der Waals surface area (Å²) in [5, 5.41) is 0. The van der Waals surface area contributed by atoms with Crippen molar-refractivity contribution in [1.29, 1.82) is 0 Å². The molecule has 0 bridgehead atoms. The Bertz CT molecular complexity index is 404. The molecule has 3 unspecified atom stereocenters. The lowest BCUT2D eigenvalue weighted by Gasteiger charge is -2.25. The molecule has 0 spiro atoms. The van der Waals surface area contributed by atoms with Crippen molar-refractivity contribution in [3.63, 3.8) is 0 Å². The summed E-state index contributed by atoms with van der Waals surface area (Å²) in [5.74, 6) is 1.33. The second kappa shape index (κ2) is 7.62. The minimum atomic E-state index is -0.0873. The van der Waals surface area contributed by atoms with E-state index in [2.05, 4.69) is 6.92 Å². The molecule has 112 valence electrons. The van der Waals surface area contributed by atoms with Crippen molar-refractivity contribution in [1.82, 2.24) is 0 Å². The first-order chi connectivity index (χ1) is 9.74. The molecule has 2 rings (SSSR count). The van der Waals surface area contributed by atoms with E-state index in [1.807, 2.05) is 24.3 Å². The minimum Gasteiger partial charge on any atom is -0.497 e. The van der Waals surface area contributed by atoms with Gasteiger partial charge in [0, 0.05) is 18.6 Å². The fraction of sp³-hybridized carbons (Fsp3) is 0.625. The van der Waals surface area contributed by atoms with Gasteiger partial charge >= 0.3 is 0 Å². The standard InChI is InChI=1S/C16H25NO3/c1-3-15(17)16(20-11-12-7-8-19-10-12)13-5-4-6-14(9-13)18-2/h4-6,9,12,15-16H,3,7-8,10-11,17H2,1-2H3. The molecule has 0 radical (unpaired) electrons. The van der Waals surface area contributed by atoms with E-state index in [4.69, 9.17) is 19.9 Å². The summed E-state index contributed by atoms with van der Waals surface area (Å²) in [6.07, 6.45) is 1.87. The van der Waals surface area contributed by atoms with Crippen LogP contribution in [0.15, 0.2) is 24.3 Å². The van der Waals surface area contributed by atoms with Gasteiger partial charge in [0.1, 0.15) is 5.75 Å². The average molecular weight is 279 g/mol. The Labute approximate surface area is 121 Å². The third-order valence-corrected chi connectivity index (χ3v) is 3.82. The normalized spacial score (nSPS) is 21.6. The van der Waals surface area contributed by atoms with E-state index in [9.17, 15) is 0 Å². The van der Waals surface area contributed by atoms with Gasteiger partial charge in [-0.2, -0.15) is 0 Å². The highest BCUT2D eigenvalue weighted by molar-refractivity contribution is 5.30. The Morgan fingerprint density at radius 1 is 1.45 bits per heavy atom. The van der Waals surface area contributed by atoms with E-state index in [-0.39, 0.29) is 12.1 Å². The maximum atomic E-state index is 6.23. The highest BCUT2D eigenvalue weighted by atomic mass is 16.5. The van der Waals surface area contributed by atoms with Crippen LogP contribution in [0.3, 0.4) is 0 Å². The van der Waals surface area contributed by atoms with Crippen molar-refractivity contribution < 1.29 is 14.2 Å². The first-order valence-electron chi connectivity index (χ1n) is 7.33. The lowest BCUT2D eigenvalue weighted by Crippen LogP contribution is -2.31. The van der Waals surface area contributed by atoms with E-state index >= 15 is 0 Å².